The topological polar surface area (TPSA) is 91.3 Å². The van der Waals surface area contributed by atoms with Gasteiger partial charge in [0, 0.05) is 11.1 Å². The molecule has 0 saturated heterocycles. The lowest BCUT2D eigenvalue weighted by atomic mass is 9.96. The molecule has 7 heteroatoms. The number of rotatable bonds is 5. The number of carboxylic acid groups (broad SMARTS) is 1. The molecule has 1 unspecified atom stereocenters. The molecule has 0 radical (unpaired) electrons. The predicted molar refractivity (Wildman–Crippen MR) is 71.0 cm³/mol. The van der Waals surface area contributed by atoms with Crippen LogP contribution in [0.15, 0.2) is 5.38 Å². The number of aryl methyl sites for hydroxylation is 1. The molecule has 0 bridgehead atoms. The van der Waals surface area contributed by atoms with E-state index in [0.29, 0.717) is 6.54 Å². The maximum Gasteiger partial charge on any atom is 0.329 e. The van der Waals surface area contributed by atoms with E-state index in [1.54, 1.807) is 6.92 Å². The Morgan fingerprint density at radius 1 is 1.58 bits per heavy atom. The normalized spacial score (nSPS) is 17.6. The summed E-state index contributed by atoms with van der Waals surface area (Å²) in [7, 11) is 0. The summed E-state index contributed by atoms with van der Waals surface area (Å²) >= 11 is 1.46. The summed E-state index contributed by atoms with van der Waals surface area (Å²) in [6, 6.07) is -0.468. The number of aliphatic carboxylic acids is 1. The van der Waals surface area contributed by atoms with Crippen molar-refractivity contribution in [2.45, 2.75) is 38.8 Å². The van der Waals surface area contributed by atoms with E-state index < -0.39 is 17.5 Å². The molecule has 0 spiro atoms. The number of nitrogens with zero attached hydrogens (tertiary/aromatic N) is 1. The van der Waals surface area contributed by atoms with Crippen molar-refractivity contribution in [1.29, 1.82) is 0 Å². The molecule has 1 aromatic rings. The Morgan fingerprint density at radius 3 is 2.74 bits per heavy atom. The lowest BCUT2D eigenvalue weighted by Crippen LogP contribution is -2.56. The van der Waals surface area contributed by atoms with Gasteiger partial charge in [0.1, 0.15) is 10.5 Å². The van der Waals surface area contributed by atoms with Crippen LogP contribution in [0, 0.1) is 12.8 Å². The monoisotopic (exact) mass is 283 g/mol. The first-order chi connectivity index (χ1) is 8.91. The standard InChI is InChI=1S/C12H17N3O3S/c1-7-6-19-9(14-7)5-13-11(18)15-12(2,10(16)17)8-3-4-8/h6,8H,3-5H2,1-2H3,(H,16,17)(H2,13,15,18). The Kier molecular flexibility index (Phi) is 3.75. The van der Waals surface area contributed by atoms with Crippen molar-refractivity contribution < 1.29 is 14.7 Å². The molecule has 0 aliphatic heterocycles. The Bertz CT molecular complexity index is 498. The minimum Gasteiger partial charge on any atom is -0.480 e. The van der Waals surface area contributed by atoms with Gasteiger partial charge in [0.15, 0.2) is 0 Å². The molecule has 1 aliphatic carbocycles. The van der Waals surface area contributed by atoms with Gasteiger partial charge in [-0.2, -0.15) is 0 Å². The fourth-order valence-corrected chi connectivity index (χ4v) is 2.62. The summed E-state index contributed by atoms with van der Waals surface area (Å²) in [5, 5.41) is 17.1. The molecule has 19 heavy (non-hydrogen) atoms. The Balaban J connectivity index is 1.88. The number of amides is 2. The second-order valence-corrected chi connectivity index (χ2v) is 5.91. The van der Waals surface area contributed by atoms with Gasteiger partial charge in [0.05, 0.1) is 6.54 Å². The van der Waals surface area contributed by atoms with Crippen LogP contribution in [0.1, 0.15) is 30.5 Å². The number of thiazole rings is 1. The van der Waals surface area contributed by atoms with Crippen LogP contribution in [0.2, 0.25) is 0 Å². The van der Waals surface area contributed by atoms with Crippen molar-refractivity contribution in [1.82, 2.24) is 15.6 Å². The van der Waals surface area contributed by atoms with Crippen LogP contribution in [-0.4, -0.2) is 27.6 Å². The molecular weight excluding hydrogens is 266 g/mol. The summed E-state index contributed by atoms with van der Waals surface area (Å²) in [5.41, 5.74) is -0.265. The third-order valence-corrected chi connectivity index (χ3v) is 4.24. The highest BCUT2D eigenvalue weighted by Crippen LogP contribution is 2.39. The molecule has 2 rings (SSSR count). The summed E-state index contributed by atoms with van der Waals surface area (Å²) in [4.78, 5) is 27.3. The van der Waals surface area contributed by atoms with Gasteiger partial charge in [-0.25, -0.2) is 14.6 Å². The SMILES string of the molecule is Cc1csc(CNC(=O)NC(C)(C(=O)O)C2CC2)n1. The Labute approximate surface area is 115 Å². The molecule has 1 fully saturated rings. The molecule has 1 heterocycles. The molecule has 104 valence electrons. The third-order valence-electron chi connectivity index (χ3n) is 3.28. The van der Waals surface area contributed by atoms with E-state index in [9.17, 15) is 14.7 Å². The highest BCUT2D eigenvalue weighted by atomic mass is 32.1. The predicted octanol–water partition coefficient (Wildman–Crippen LogP) is 1.50. The van der Waals surface area contributed by atoms with Gasteiger partial charge in [-0.1, -0.05) is 0 Å². The van der Waals surface area contributed by atoms with Gasteiger partial charge in [0.25, 0.3) is 0 Å². The highest BCUT2D eigenvalue weighted by Gasteiger charge is 2.48. The van der Waals surface area contributed by atoms with Crippen LogP contribution in [-0.2, 0) is 11.3 Å². The first-order valence-corrected chi connectivity index (χ1v) is 7.00. The van der Waals surface area contributed by atoms with E-state index >= 15 is 0 Å². The van der Waals surface area contributed by atoms with Gasteiger partial charge in [0.2, 0.25) is 0 Å². The van der Waals surface area contributed by atoms with Gasteiger partial charge in [-0.05, 0) is 32.6 Å². The van der Waals surface area contributed by atoms with Crippen LogP contribution in [0.3, 0.4) is 0 Å². The largest absolute Gasteiger partial charge is 0.480 e. The zero-order valence-electron chi connectivity index (χ0n) is 10.9. The fraction of sp³-hybridized carbons (Fsp3) is 0.583. The van der Waals surface area contributed by atoms with Gasteiger partial charge in [-0.3, -0.25) is 0 Å². The van der Waals surface area contributed by atoms with Crippen molar-refractivity contribution in [2.75, 3.05) is 0 Å². The maximum absolute atomic E-state index is 11.8. The number of hydrogen-bond donors (Lipinski definition) is 3. The van der Waals surface area contributed by atoms with Crippen LogP contribution in [0.4, 0.5) is 4.79 Å². The quantitative estimate of drug-likeness (QED) is 0.763. The van der Waals surface area contributed by atoms with Crippen LogP contribution < -0.4 is 10.6 Å². The summed E-state index contributed by atoms with van der Waals surface area (Å²) in [5.74, 6) is -0.965. The van der Waals surface area contributed by atoms with Crippen molar-refractivity contribution in [3.05, 3.63) is 16.1 Å². The summed E-state index contributed by atoms with van der Waals surface area (Å²) in [6.07, 6.45) is 1.68. The van der Waals surface area contributed by atoms with Crippen LogP contribution in [0.5, 0.6) is 0 Å². The number of carbonyl (C=O) groups excluding carboxylic acids is 1. The van der Waals surface area contributed by atoms with E-state index in [-0.39, 0.29) is 5.92 Å². The van der Waals surface area contributed by atoms with Crippen molar-refractivity contribution in [3.8, 4) is 0 Å². The van der Waals surface area contributed by atoms with E-state index in [1.165, 1.54) is 11.3 Å². The number of carbonyl (C=O) groups is 2. The molecule has 2 amide bonds. The van der Waals surface area contributed by atoms with E-state index in [4.69, 9.17) is 0 Å². The van der Waals surface area contributed by atoms with Crippen LogP contribution in [0.25, 0.3) is 0 Å². The Hall–Kier alpha value is -1.63. The van der Waals surface area contributed by atoms with Crippen molar-refractivity contribution in [2.24, 2.45) is 5.92 Å². The minimum atomic E-state index is -1.18. The zero-order valence-corrected chi connectivity index (χ0v) is 11.7. The zero-order chi connectivity index (χ0) is 14.0. The third kappa shape index (κ3) is 3.23. The summed E-state index contributed by atoms with van der Waals surface area (Å²) < 4.78 is 0. The molecule has 1 atom stereocenters. The lowest BCUT2D eigenvalue weighted by molar-refractivity contribution is -0.144. The number of hydrogen-bond acceptors (Lipinski definition) is 4. The van der Waals surface area contributed by atoms with E-state index in [1.807, 2.05) is 12.3 Å². The average molecular weight is 283 g/mol. The Morgan fingerprint density at radius 2 is 2.26 bits per heavy atom. The van der Waals surface area contributed by atoms with E-state index in [2.05, 4.69) is 15.6 Å². The lowest BCUT2D eigenvalue weighted by Gasteiger charge is -2.26. The number of urea groups is 1. The first-order valence-electron chi connectivity index (χ1n) is 6.12. The molecule has 3 N–H and O–H groups in total. The van der Waals surface area contributed by atoms with Crippen LogP contribution >= 0.6 is 11.3 Å². The minimum absolute atomic E-state index is 0.0258. The second kappa shape index (κ2) is 5.16. The maximum atomic E-state index is 11.8. The molecule has 1 aromatic heterocycles. The smallest absolute Gasteiger partial charge is 0.329 e. The summed E-state index contributed by atoms with van der Waals surface area (Å²) in [6.45, 7) is 3.75. The van der Waals surface area contributed by atoms with Crippen molar-refractivity contribution in [3.63, 3.8) is 0 Å². The molecule has 1 saturated carbocycles. The molecule has 0 aromatic carbocycles. The highest BCUT2D eigenvalue weighted by molar-refractivity contribution is 7.09. The van der Waals surface area contributed by atoms with Crippen molar-refractivity contribution >= 4 is 23.3 Å². The van der Waals surface area contributed by atoms with Gasteiger partial charge in [-0.15, -0.1) is 11.3 Å². The average Bonchev–Trinajstić information content (AvgIpc) is 3.11. The second-order valence-electron chi connectivity index (χ2n) is 4.97. The fourth-order valence-electron chi connectivity index (χ4n) is 1.91. The van der Waals surface area contributed by atoms with Gasteiger partial charge < -0.3 is 15.7 Å². The van der Waals surface area contributed by atoms with Gasteiger partial charge >= 0.3 is 12.0 Å². The molecule has 1 aliphatic rings. The molecular formula is C12H17N3O3S. The molecule has 6 nitrogen and oxygen atoms in total. The number of nitrogens with one attached hydrogen (secondary N) is 2. The number of aromatic nitrogens is 1. The van der Waals surface area contributed by atoms with E-state index in [0.717, 1.165) is 23.5 Å². The first kappa shape index (κ1) is 13.8. The number of carboxylic acids is 1.